The molecule has 0 aliphatic rings. The van der Waals surface area contributed by atoms with Gasteiger partial charge in [-0.25, -0.2) is 0 Å². The number of carbonyl (C=O) groups excluding carboxylic acids is 2. The van der Waals surface area contributed by atoms with E-state index in [4.69, 9.17) is 27.9 Å². The highest BCUT2D eigenvalue weighted by Gasteiger charge is 2.32. The first-order chi connectivity index (χ1) is 16.6. The van der Waals surface area contributed by atoms with Crippen LogP contribution in [0.4, 0.5) is 0 Å². The molecule has 7 heteroatoms. The largest absolute Gasteiger partial charge is 0.484 e. The van der Waals surface area contributed by atoms with Crippen molar-refractivity contribution >= 4 is 35.0 Å². The van der Waals surface area contributed by atoms with Crippen molar-refractivity contribution in [3.05, 3.63) is 100 Å². The number of nitrogens with zero attached hydrogens (tertiary/aromatic N) is 1. The van der Waals surface area contributed by atoms with E-state index in [0.717, 1.165) is 11.1 Å². The Morgan fingerprint density at radius 1 is 0.943 bits per heavy atom. The van der Waals surface area contributed by atoms with Gasteiger partial charge in [0.1, 0.15) is 11.8 Å². The van der Waals surface area contributed by atoms with Gasteiger partial charge in [0.2, 0.25) is 5.91 Å². The van der Waals surface area contributed by atoms with Crippen molar-refractivity contribution in [2.45, 2.75) is 45.3 Å². The van der Waals surface area contributed by atoms with Gasteiger partial charge >= 0.3 is 0 Å². The molecule has 2 amide bonds. The maximum Gasteiger partial charge on any atom is 0.261 e. The summed E-state index contributed by atoms with van der Waals surface area (Å²) in [6.07, 6.45) is 0.343. The molecule has 0 spiro atoms. The van der Waals surface area contributed by atoms with E-state index in [-0.39, 0.29) is 25.0 Å². The lowest BCUT2D eigenvalue weighted by Crippen LogP contribution is -2.55. The van der Waals surface area contributed by atoms with Crippen LogP contribution in [0.15, 0.2) is 78.9 Å². The summed E-state index contributed by atoms with van der Waals surface area (Å²) < 4.78 is 5.74. The number of benzene rings is 3. The Hall–Kier alpha value is -3.02. The van der Waals surface area contributed by atoms with Crippen LogP contribution in [0, 0.1) is 0 Å². The second-order valence-corrected chi connectivity index (χ2v) is 10.1. The summed E-state index contributed by atoms with van der Waals surface area (Å²) in [7, 11) is 0. The Morgan fingerprint density at radius 3 is 2.29 bits per heavy atom. The average Bonchev–Trinajstić information content (AvgIpc) is 2.80. The summed E-state index contributed by atoms with van der Waals surface area (Å²) in [5, 5.41) is 4.06. The number of amides is 2. The molecular weight excluding hydrogens is 483 g/mol. The van der Waals surface area contributed by atoms with E-state index in [9.17, 15) is 9.59 Å². The predicted molar refractivity (Wildman–Crippen MR) is 141 cm³/mol. The number of nitrogens with one attached hydrogen (secondary N) is 1. The summed E-state index contributed by atoms with van der Waals surface area (Å²) >= 11 is 12.5. The highest BCUT2D eigenvalue weighted by atomic mass is 35.5. The predicted octanol–water partition coefficient (Wildman–Crippen LogP) is 5.93. The quantitative estimate of drug-likeness (QED) is 0.386. The lowest BCUT2D eigenvalue weighted by atomic mass is 10.0. The van der Waals surface area contributed by atoms with Crippen molar-refractivity contribution in [1.82, 2.24) is 10.2 Å². The number of hydrogen-bond acceptors (Lipinski definition) is 3. The van der Waals surface area contributed by atoms with E-state index >= 15 is 0 Å². The van der Waals surface area contributed by atoms with Gasteiger partial charge in [-0.05, 0) is 56.2 Å². The standard InChI is InChI=1S/C28H30Cl2N2O3/c1-28(2,3)31-27(34)25(16-20-10-5-4-6-11-20)32(18-21-12-7-8-15-24(21)30)26(33)19-35-23-14-9-13-22(29)17-23/h4-15,17,25H,16,18-19H2,1-3H3,(H,31,34). The number of rotatable bonds is 9. The zero-order valence-corrected chi connectivity index (χ0v) is 21.6. The molecule has 3 aromatic rings. The molecule has 3 rings (SSSR count). The van der Waals surface area contributed by atoms with Gasteiger partial charge in [0.15, 0.2) is 6.61 Å². The molecule has 1 atom stereocenters. The molecule has 5 nitrogen and oxygen atoms in total. The minimum Gasteiger partial charge on any atom is -0.484 e. The summed E-state index contributed by atoms with van der Waals surface area (Å²) in [6, 6.07) is 23.0. The molecule has 1 N–H and O–H groups in total. The molecule has 0 saturated heterocycles. The topological polar surface area (TPSA) is 58.6 Å². The molecule has 184 valence electrons. The van der Waals surface area contributed by atoms with E-state index in [1.54, 1.807) is 35.2 Å². The fourth-order valence-electron chi connectivity index (χ4n) is 3.60. The fraction of sp³-hybridized carbons (Fsp3) is 0.286. The number of ether oxygens (including phenoxy) is 1. The van der Waals surface area contributed by atoms with Crippen molar-refractivity contribution in [3.63, 3.8) is 0 Å². The number of hydrogen-bond donors (Lipinski definition) is 1. The van der Waals surface area contributed by atoms with Crippen LogP contribution >= 0.6 is 23.2 Å². The van der Waals surface area contributed by atoms with Crippen molar-refractivity contribution in [1.29, 1.82) is 0 Å². The summed E-state index contributed by atoms with van der Waals surface area (Å²) in [4.78, 5) is 28.6. The van der Waals surface area contributed by atoms with Crippen LogP contribution in [-0.4, -0.2) is 34.9 Å². The van der Waals surface area contributed by atoms with Crippen LogP contribution < -0.4 is 10.1 Å². The SMILES string of the molecule is CC(C)(C)NC(=O)C(Cc1ccccc1)N(Cc1ccccc1Cl)C(=O)COc1cccc(Cl)c1. The first-order valence-corrected chi connectivity index (χ1v) is 12.1. The summed E-state index contributed by atoms with van der Waals surface area (Å²) in [5.41, 5.74) is 1.21. The Balaban J connectivity index is 1.94. The Morgan fingerprint density at radius 2 is 1.63 bits per heavy atom. The van der Waals surface area contributed by atoms with E-state index in [1.165, 1.54) is 0 Å². The highest BCUT2D eigenvalue weighted by molar-refractivity contribution is 6.31. The third kappa shape index (κ3) is 8.30. The second kappa shape index (κ2) is 12.1. The smallest absolute Gasteiger partial charge is 0.261 e. The van der Waals surface area contributed by atoms with Crippen LogP contribution in [0.25, 0.3) is 0 Å². The molecule has 0 radical (unpaired) electrons. The molecule has 0 heterocycles. The Kier molecular flexibility index (Phi) is 9.19. The minimum atomic E-state index is -0.775. The molecule has 3 aromatic carbocycles. The van der Waals surface area contributed by atoms with Crippen molar-refractivity contribution in [2.24, 2.45) is 0 Å². The van der Waals surface area contributed by atoms with Crippen molar-refractivity contribution in [2.75, 3.05) is 6.61 Å². The molecule has 35 heavy (non-hydrogen) atoms. The molecule has 0 saturated carbocycles. The van der Waals surface area contributed by atoms with E-state index in [0.29, 0.717) is 22.2 Å². The minimum absolute atomic E-state index is 0.159. The van der Waals surface area contributed by atoms with Crippen molar-refractivity contribution < 1.29 is 14.3 Å². The highest BCUT2D eigenvalue weighted by Crippen LogP contribution is 2.22. The summed E-state index contributed by atoms with van der Waals surface area (Å²) in [6.45, 7) is 5.64. The Labute approximate surface area is 217 Å². The monoisotopic (exact) mass is 512 g/mol. The molecule has 0 aliphatic heterocycles. The lowest BCUT2D eigenvalue weighted by molar-refractivity contribution is -0.143. The Bertz CT molecular complexity index is 1150. The summed E-state index contributed by atoms with van der Waals surface area (Å²) in [5.74, 6) is -0.110. The van der Waals surface area contributed by atoms with Crippen LogP contribution in [-0.2, 0) is 22.6 Å². The zero-order valence-electron chi connectivity index (χ0n) is 20.1. The number of halogens is 2. The first kappa shape index (κ1) is 26.6. The lowest BCUT2D eigenvalue weighted by Gasteiger charge is -2.34. The third-order valence-corrected chi connectivity index (χ3v) is 5.83. The fourth-order valence-corrected chi connectivity index (χ4v) is 3.98. The van der Waals surface area contributed by atoms with Gasteiger partial charge in [-0.15, -0.1) is 0 Å². The van der Waals surface area contributed by atoms with Gasteiger partial charge in [-0.3, -0.25) is 9.59 Å². The van der Waals surface area contributed by atoms with Gasteiger partial charge in [0.25, 0.3) is 5.91 Å². The maximum absolute atomic E-state index is 13.6. The van der Waals surface area contributed by atoms with Crippen molar-refractivity contribution in [3.8, 4) is 5.75 Å². The van der Waals surface area contributed by atoms with Crippen LogP contribution in [0.1, 0.15) is 31.9 Å². The van der Waals surface area contributed by atoms with E-state index in [1.807, 2.05) is 69.3 Å². The average molecular weight is 513 g/mol. The maximum atomic E-state index is 13.6. The van der Waals surface area contributed by atoms with Gasteiger partial charge in [0.05, 0.1) is 0 Å². The molecule has 0 aliphatic carbocycles. The van der Waals surface area contributed by atoms with Crippen LogP contribution in [0.5, 0.6) is 5.75 Å². The van der Waals surface area contributed by atoms with Gasteiger partial charge in [-0.2, -0.15) is 0 Å². The van der Waals surface area contributed by atoms with Gasteiger partial charge in [-0.1, -0.05) is 77.8 Å². The molecule has 1 unspecified atom stereocenters. The normalized spacial score (nSPS) is 12.0. The van der Waals surface area contributed by atoms with E-state index < -0.39 is 11.6 Å². The molecule has 0 bridgehead atoms. The number of carbonyl (C=O) groups is 2. The molecular formula is C28H30Cl2N2O3. The zero-order chi connectivity index (χ0) is 25.4. The second-order valence-electron chi connectivity index (χ2n) is 9.30. The van der Waals surface area contributed by atoms with Crippen LogP contribution in [0.3, 0.4) is 0 Å². The van der Waals surface area contributed by atoms with Crippen LogP contribution in [0.2, 0.25) is 10.0 Å². The van der Waals surface area contributed by atoms with Gasteiger partial charge in [0, 0.05) is 28.5 Å². The van der Waals surface area contributed by atoms with Gasteiger partial charge < -0.3 is 15.0 Å². The first-order valence-electron chi connectivity index (χ1n) is 11.4. The third-order valence-electron chi connectivity index (χ3n) is 5.23. The molecule has 0 fully saturated rings. The molecule has 0 aromatic heterocycles. The van der Waals surface area contributed by atoms with E-state index in [2.05, 4.69) is 5.32 Å².